The number of phenols is 1. The van der Waals surface area contributed by atoms with Crippen molar-refractivity contribution in [1.29, 1.82) is 0 Å². The highest BCUT2D eigenvalue weighted by Crippen LogP contribution is 2.26. The summed E-state index contributed by atoms with van der Waals surface area (Å²) in [5.74, 6) is 2.67. The lowest BCUT2D eigenvalue weighted by Gasteiger charge is -2.14. The van der Waals surface area contributed by atoms with Crippen LogP contribution < -0.4 is 0 Å². The zero-order chi connectivity index (χ0) is 7.68. The van der Waals surface area contributed by atoms with Gasteiger partial charge in [-0.1, -0.05) is 6.07 Å². The molecule has 1 nitrogen and oxygen atoms in total. The second-order valence-electron chi connectivity index (χ2n) is 2.76. The van der Waals surface area contributed by atoms with Crippen molar-refractivity contribution in [3.05, 3.63) is 29.3 Å². The van der Waals surface area contributed by atoms with Gasteiger partial charge < -0.3 is 5.11 Å². The SMILES string of the molecule is Oc1ccc2c(c1)CSCC2. The fourth-order valence-corrected chi connectivity index (χ4v) is 2.35. The van der Waals surface area contributed by atoms with E-state index in [1.54, 1.807) is 6.07 Å². The normalized spacial score (nSPS) is 16.0. The molecule has 2 rings (SSSR count). The molecule has 0 fully saturated rings. The zero-order valence-electron chi connectivity index (χ0n) is 6.21. The number of hydrogen-bond donors (Lipinski definition) is 1. The van der Waals surface area contributed by atoms with Crippen molar-refractivity contribution >= 4 is 11.8 Å². The summed E-state index contributed by atoms with van der Waals surface area (Å²) in [5.41, 5.74) is 2.71. The van der Waals surface area contributed by atoms with Crippen molar-refractivity contribution in [2.75, 3.05) is 5.75 Å². The summed E-state index contributed by atoms with van der Waals surface area (Å²) in [5, 5.41) is 9.18. The molecule has 1 aliphatic rings. The highest BCUT2D eigenvalue weighted by molar-refractivity contribution is 7.98. The summed E-state index contributed by atoms with van der Waals surface area (Å²) in [6, 6.07) is 5.68. The molecule has 1 aromatic carbocycles. The van der Waals surface area contributed by atoms with E-state index in [1.165, 1.54) is 16.9 Å². The minimum atomic E-state index is 0.395. The Morgan fingerprint density at radius 1 is 1.27 bits per heavy atom. The summed E-state index contributed by atoms with van der Waals surface area (Å²) >= 11 is 1.94. The van der Waals surface area contributed by atoms with E-state index in [2.05, 4.69) is 0 Å². The minimum absolute atomic E-state index is 0.395. The molecule has 0 atom stereocenters. The van der Waals surface area contributed by atoms with E-state index in [0.29, 0.717) is 5.75 Å². The molecule has 0 aromatic heterocycles. The van der Waals surface area contributed by atoms with Gasteiger partial charge in [-0.25, -0.2) is 0 Å². The summed E-state index contributed by atoms with van der Waals surface area (Å²) in [6.07, 6.45) is 1.15. The first-order valence-electron chi connectivity index (χ1n) is 3.75. The van der Waals surface area contributed by atoms with E-state index in [0.717, 1.165) is 12.2 Å². The molecule has 1 N–H and O–H groups in total. The molecule has 0 amide bonds. The number of aromatic hydroxyl groups is 1. The fourth-order valence-electron chi connectivity index (χ4n) is 1.35. The molecule has 1 aliphatic heterocycles. The number of hydrogen-bond acceptors (Lipinski definition) is 2. The second kappa shape index (κ2) is 2.78. The Bertz CT molecular complexity index is 270. The van der Waals surface area contributed by atoms with Crippen molar-refractivity contribution in [2.24, 2.45) is 0 Å². The lowest BCUT2D eigenvalue weighted by Crippen LogP contribution is -2.00. The Balaban J connectivity index is 2.43. The van der Waals surface area contributed by atoms with Gasteiger partial charge in [0.2, 0.25) is 0 Å². The van der Waals surface area contributed by atoms with Gasteiger partial charge in [0.25, 0.3) is 0 Å². The molecule has 11 heavy (non-hydrogen) atoms. The lowest BCUT2D eigenvalue weighted by atomic mass is 10.1. The second-order valence-corrected chi connectivity index (χ2v) is 3.86. The Morgan fingerprint density at radius 3 is 3.09 bits per heavy atom. The smallest absolute Gasteiger partial charge is 0.115 e. The molecule has 0 bridgehead atoms. The standard InChI is InChI=1S/C9H10OS/c10-9-2-1-7-3-4-11-6-8(7)5-9/h1-2,5,10H,3-4,6H2. The van der Waals surface area contributed by atoms with Crippen LogP contribution in [-0.4, -0.2) is 10.9 Å². The highest BCUT2D eigenvalue weighted by Gasteiger charge is 2.08. The Morgan fingerprint density at radius 2 is 2.18 bits per heavy atom. The number of aryl methyl sites for hydroxylation is 1. The van der Waals surface area contributed by atoms with Crippen LogP contribution in [0.1, 0.15) is 11.1 Å². The van der Waals surface area contributed by atoms with Crippen LogP contribution in [0.3, 0.4) is 0 Å². The molecule has 1 heterocycles. The fraction of sp³-hybridized carbons (Fsp3) is 0.333. The molecular weight excluding hydrogens is 156 g/mol. The zero-order valence-corrected chi connectivity index (χ0v) is 7.03. The molecular formula is C9H10OS. The van der Waals surface area contributed by atoms with Gasteiger partial charge in [0, 0.05) is 5.75 Å². The third-order valence-electron chi connectivity index (χ3n) is 1.96. The lowest BCUT2D eigenvalue weighted by molar-refractivity contribution is 0.474. The van der Waals surface area contributed by atoms with Crippen LogP contribution >= 0.6 is 11.8 Å². The van der Waals surface area contributed by atoms with Crippen LogP contribution in [-0.2, 0) is 12.2 Å². The van der Waals surface area contributed by atoms with Gasteiger partial charge in [-0.2, -0.15) is 11.8 Å². The Hall–Kier alpha value is -0.630. The first-order valence-corrected chi connectivity index (χ1v) is 4.90. The molecule has 0 unspecified atom stereocenters. The van der Waals surface area contributed by atoms with E-state index in [4.69, 9.17) is 0 Å². The van der Waals surface area contributed by atoms with Gasteiger partial charge in [0.1, 0.15) is 5.75 Å². The van der Waals surface area contributed by atoms with Crippen molar-refractivity contribution in [2.45, 2.75) is 12.2 Å². The van der Waals surface area contributed by atoms with Crippen LogP contribution in [0.5, 0.6) is 5.75 Å². The molecule has 1 aromatic rings. The van der Waals surface area contributed by atoms with Crippen molar-refractivity contribution in [3.8, 4) is 5.75 Å². The molecule has 0 radical (unpaired) electrons. The number of benzene rings is 1. The molecule has 0 saturated heterocycles. The average molecular weight is 166 g/mol. The predicted octanol–water partition coefficient (Wildman–Crippen LogP) is 2.18. The average Bonchev–Trinajstić information content (AvgIpc) is 2.04. The van der Waals surface area contributed by atoms with Gasteiger partial charge >= 0.3 is 0 Å². The molecule has 0 spiro atoms. The Labute approximate surface area is 70.4 Å². The van der Waals surface area contributed by atoms with Gasteiger partial charge in [0.05, 0.1) is 0 Å². The Kier molecular flexibility index (Phi) is 1.78. The van der Waals surface area contributed by atoms with Crippen LogP contribution in [0.15, 0.2) is 18.2 Å². The van der Waals surface area contributed by atoms with Crippen LogP contribution in [0.25, 0.3) is 0 Å². The van der Waals surface area contributed by atoms with Gasteiger partial charge in [-0.15, -0.1) is 0 Å². The van der Waals surface area contributed by atoms with Gasteiger partial charge in [0.15, 0.2) is 0 Å². The minimum Gasteiger partial charge on any atom is -0.508 e. The molecule has 2 heteroatoms. The summed E-state index contributed by atoms with van der Waals surface area (Å²) in [7, 11) is 0. The van der Waals surface area contributed by atoms with Gasteiger partial charge in [-0.05, 0) is 35.4 Å². The maximum Gasteiger partial charge on any atom is 0.115 e. The van der Waals surface area contributed by atoms with Crippen LogP contribution in [0.2, 0.25) is 0 Å². The summed E-state index contributed by atoms with van der Waals surface area (Å²) < 4.78 is 0. The number of phenolic OH excluding ortho intramolecular Hbond substituents is 1. The number of thioether (sulfide) groups is 1. The molecule has 0 aliphatic carbocycles. The largest absolute Gasteiger partial charge is 0.508 e. The number of rotatable bonds is 0. The molecule has 58 valence electrons. The summed E-state index contributed by atoms with van der Waals surface area (Å²) in [4.78, 5) is 0. The van der Waals surface area contributed by atoms with E-state index in [9.17, 15) is 5.11 Å². The third kappa shape index (κ3) is 1.36. The van der Waals surface area contributed by atoms with Gasteiger partial charge in [-0.3, -0.25) is 0 Å². The van der Waals surface area contributed by atoms with E-state index >= 15 is 0 Å². The van der Waals surface area contributed by atoms with E-state index < -0.39 is 0 Å². The van der Waals surface area contributed by atoms with Crippen LogP contribution in [0, 0.1) is 0 Å². The highest BCUT2D eigenvalue weighted by atomic mass is 32.2. The monoisotopic (exact) mass is 166 g/mol. The van der Waals surface area contributed by atoms with Crippen molar-refractivity contribution < 1.29 is 5.11 Å². The first-order chi connectivity index (χ1) is 5.36. The van der Waals surface area contributed by atoms with E-state index in [1.807, 2.05) is 23.9 Å². The van der Waals surface area contributed by atoms with Crippen molar-refractivity contribution in [3.63, 3.8) is 0 Å². The van der Waals surface area contributed by atoms with E-state index in [-0.39, 0.29) is 0 Å². The maximum atomic E-state index is 9.18. The van der Waals surface area contributed by atoms with Crippen LogP contribution in [0.4, 0.5) is 0 Å². The van der Waals surface area contributed by atoms with Crippen molar-refractivity contribution in [1.82, 2.24) is 0 Å². The topological polar surface area (TPSA) is 20.2 Å². The predicted molar refractivity (Wildman–Crippen MR) is 48.0 cm³/mol. The third-order valence-corrected chi connectivity index (χ3v) is 2.97. The summed E-state index contributed by atoms with van der Waals surface area (Å²) in [6.45, 7) is 0. The molecule has 0 saturated carbocycles. The number of fused-ring (bicyclic) bond motifs is 1. The quantitative estimate of drug-likeness (QED) is 0.637. The maximum absolute atomic E-state index is 9.18. The first kappa shape index (κ1) is 7.04.